The molecule has 1 aliphatic heterocycles. The van der Waals surface area contributed by atoms with Crippen molar-refractivity contribution in [3.63, 3.8) is 0 Å². The highest BCUT2D eigenvalue weighted by molar-refractivity contribution is 7.15. The van der Waals surface area contributed by atoms with E-state index in [1.165, 1.54) is 11.3 Å². The molecule has 0 radical (unpaired) electrons. The molecule has 0 aliphatic carbocycles. The number of hydrogen-bond acceptors (Lipinski definition) is 4. The second-order valence-corrected chi connectivity index (χ2v) is 4.95. The molecule has 0 amide bonds. The van der Waals surface area contributed by atoms with Crippen LogP contribution in [0, 0.1) is 0 Å². The van der Waals surface area contributed by atoms with Gasteiger partial charge in [0.1, 0.15) is 16.6 Å². The van der Waals surface area contributed by atoms with Gasteiger partial charge in [-0.05, 0) is 37.1 Å². The summed E-state index contributed by atoms with van der Waals surface area (Å²) < 4.78 is 0. The van der Waals surface area contributed by atoms with Crippen LogP contribution in [0.5, 0.6) is 5.75 Å². The maximum Gasteiger partial charge on any atom is 0.140 e. The largest absolute Gasteiger partial charge is 0.508 e. The van der Waals surface area contributed by atoms with Crippen LogP contribution in [0.3, 0.4) is 0 Å². The number of hydrogen-bond donors (Lipinski definition) is 2. The first-order valence-corrected chi connectivity index (χ1v) is 7.17. The van der Waals surface area contributed by atoms with E-state index in [9.17, 15) is 5.11 Å². The Morgan fingerprint density at radius 2 is 1.94 bits per heavy atom. The van der Waals surface area contributed by atoms with Crippen LogP contribution in [0.2, 0.25) is 0 Å². The molecule has 0 saturated carbocycles. The molecule has 3 rings (SSSR count). The van der Waals surface area contributed by atoms with Crippen molar-refractivity contribution >= 4 is 17.2 Å². The fourth-order valence-electron chi connectivity index (χ4n) is 1.84. The van der Waals surface area contributed by atoms with Crippen molar-refractivity contribution in [3.8, 4) is 16.3 Å². The molecule has 2 N–H and O–H groups in total. The predicted molar refractivity (Wildman–Crippen MR) is 77.4 cm³/mol. The number of nitrogens with zero attached hydrogens (tertiary/aromatic N) is 1. The highest BCUT2D eigenvalue weighted by Gasteiger charge is 2.15. The minimum atomic E-state index is 0.295. The molecule has 2 heterocycles. The topological polar surface area (TPSA) is 45.2 Å². The van der Waals surface area contributed by atoms with E-state index >= 15 is 0 Å². The normalized spacial score (nSPS) is 13.0. The highest BCUT2D eigenvalue weighted by atomic mass is 32.1. The second kappa shape index (κ2) is 5.87. The molecule has 1 aliphatic rings. The van der Waals surface area contributed by atoms with E-state index in [0.717, 1.165) is 29.4 Å². The van der Waals surface area contributed by atoms with Crippen molar-refractivity contribution in [1.29, 1.82) is 0 Å². The van der Waals surface area contributed by atoms with E-state index in [2.05, 4.69) is 10.3 Å². The first-order valence-electron chi connectivity index (χ1n) is 6.36. The van der Waals surface area contributed by atoms with Crippen molar-refractivity contribution in [2.75, 3.05) is 11.9 Å². The fourth-order valence-corrected chi connectivity index (χ4v) is 2.93. The third-order valence-electron chi connectivity index (χ3n) is 2.68. The molecule has 18 heavy (non-hydrogen) atoms. The van der Waals surface area contributed by atoms with E-state index in [0.29, 0.717) is 5.75 Å². The van der Waals surface area contributed by atoms with E-state index in [-0.39, 0.29) is 0 Å². The fraction of sp³-hybridized carbons (Fsp3) is 0.357. The van der Waals surface area contributed by atoms with Gasteiger partial charge in [0, 0.05) is 17.0 Å². The molecule has 1 aromatic carbocycles. The van der Waals surface area contributed by atoms with Gasteiger partial charge in [-0.2, -0.15) is 0 Å². The van der Waals surface area contributed by atoms with Crippen LogP contribution in [0.1, 0.15) is 25.1 Å². The predicted octanol–water partition coefficient (Wildman–Crippen LogP) is 3.90. The molecule has 4 heteroatoms. The summed E-state index contributed by atoms with van der Waals surface area (Å²) >= 11 is 1.74. The monoisotopic (exact) mass is 262 g/mol. The zero-order chi connectivity index (χ0) is 13.0. The molecule has 0 saturated heterocycles. The van der Waals surface area contributed by atoms with Gasteiger partial charge in [0.2, 0.25) is 0 Å². The lowest BCUT2D eigenvalue weighted by Crippen LogP contribution is -2.09. The van der Waals surface area contributed by atoms with Gasteiger partial charge in [0.15, 0.2) is 0 Å². The van der Waals surface area contributed by atoms with Crippen molar-refractivity contribution in [1.82, 2.24) is 4.98 Å². The van der Waals surface area contributed by atoms with Crippen LogP contribution in [0.4, 0.5) is 5.82 Å². The quantitative estimate of drug-likeness (QED) is 0.819. The van der Waals surface area contributed by atoms with Crippen molar-refractivity contribution in [2.45, 2.75) is 26.7 Å². The van der Waals surface area contributed by atoms with Crippen LogP contribution in [-0.2, 0) is 6.42 Å². The maximum atomic E-state index is 9.24. The first-order chi connectivity index (χ1) is 8.83. The third kappa shape index (κ3) is 2.64. The summed E-state index contributed by atoms with van der Waals surface area (Å²) in [6, 6.07) is 7.20. The van der Waals surface area contributed by atoms with Gasteiger partial charge >= 0.3 is 0 Å². The molecular weight excluding hydrogens is 244 g/mol. The van der Waals surface area contributed by atoms with Crippen molar-refractivity contribution in [2.24, 2.45) is 0 Å². The van der Waals surface area contributed by atoms with Gasteiger partial charge < -0.3 is 10.4 Å². The smallest absolute Gasteiger partial charge is 0.140 e. The van der Waals surface area contributed by atoms with Gasteiger partial charge in [-0.25, -0.2) is 4.98 Å². The maximum absolute atomic E-state index is 9.24. The Labute approximate surface area is 112 Å². The second-order valence-electron chi connectivity index (χ2n) is 3.87. The lowest BCUT2D eigenvalue weighted by Gasteiger charge is -2.10. The zero-order valence-electron chi connectivity index (χ0n) is 10.7. The Morgan fingerprint density at radius 1 is 1.22 bits per heavy atom. The Morgan fingerprint density at radius 3 is 2.61 bits per heavy atom. The van der Waals surface area contributed by atoms with Crippen molar-refractivity contribution < 1.29 is 5.11 Å². The summed E-state index contributed by atoms with van der Waals surface area (Å²) in [5.74, 6) is 1.34. The van der Waals surface area contributed by atoms with Gasteiger partial charge in [-0.15, -0.1) is 11.3 Å². The molecule has 0 spiro atoms. The molecule has 2 aromatic rings. The number of rotatable bonds is 1. The molecule has 3 nitrogen and oxygen atoms in total. The summed E-state index contributed by atoms with van der Waals surface area (Å²) in [6.45, 7) is 5.02. The number of thiazole rings is 1. The summed E-state index contributed by atoms with van der Waals surface area (Å²) in [5, 5.41) is 13.6. The van der Waals surface area contributed by atoms with Crippen LogP contribution >= 0.6 is 11.3 Å². The lowest BCUT2D eigenvalue weighted by molar-refractivity contribution is 0.475. The Balaban J connectivity index is 0.000000574. The number of benzene rings is 1. The standard InChI is InChI=1S/C12H12N2OS.C2H6/c15-9-5-3-8(4-6-9)12-14-11-10(16-12)2-1-7-13-11;1-2/h3-6,13,15H,1-2,7H2;1-2H3. The SMILES string of the molecule is CC.Oc1ccc(-c2nc3c(s2)CCCN3)cc1. The number of aromatic nitrogens is 1. The van der Waals surface area contributed by atoms with Crippen molar-refractivity contribution in [3.05, 3.63) is 29.1 Å². The van der Waals surface area contributed by atoms with Gasteiger partial charge in [0.25, 0.3) is 0 Å². The van der Waals surface area contributed by atoms with E-state index in [1.807, 2.05) is 26.0 Å². The first kappa shape index (κ1) is 12.9. The summed E-state index contributed by atoms with van der Waals surface area (Å²) in [6.07, 6.45) is 2.31. The van der Waals surface area contributed by atoms with Crippen LogP contribution in [0.25, 0.3) is 10.6 Å². The Bertz CT molecular complexity index is 482. The molecule has 96 valence electrons. The number of anilines is 1. The minimum absolute atomic E-state index is 0.295. The number of aromatic hydroxyl groups is 1. The summed E-state index contributed by atoms with van der Waals surface area (Å²) in [4.78, 5) is 5.92. The number of aryl methyl sites for hydroxylation is 1. The third-order valence-corrected chi connectivity index (χ3v) is 3.85. The number of fused-ring (bicyclic) bond motifs is 1. The molecule has 0 bridgehead atoms. The zero-order valence-corrected chi connectivity index (χ0v) is 11.5. The Kier molecular flexibility index (Phi) is 4.20. The van der Waals surface area contributed by atoms with Crippen LogP contribution in [0.15, 0.2) is 24.3 Å². The molecule has 0 fully saturated rings. The Hall–Kier alpha value is -1.55. The van der Waals surface area contributed by atoms with Gasteiger partial charge in [0.05, 0.1) is 0 Å². The highest BCUT2D eigenvalue weighted by Crippen LogP contribution is 2.34. The lowest BCUT2D eigenvalue weighted by atomic mass is 10.2. The van der Waals surface area contributed by atoms with Gasteiger partial charge in [-0.1, -0.05) is 13.8 Å². The van der Waals surface area contributed by atoms with Crippen LogP contribution in [-0.4, -0.2) is 16.6 Å². The average molecular weight is 262 g/mol. The molecule has 0 atom stereocenters. The molecule has 0 unspecified atom stereocenters. The molecular formula is C14H18N2OS. The summed E-state index contributed by atoms with van der Waals surface area (Å²) in [7, 11) is 0. The van der Waals surface area contributed by atoms with E-state index in [4.69, 9.17) is 0 Å². The van der Waals surface area contributed by atoms with E-state index in [1.54, 1.807) is 23.5 Å². The number of phenols is 1. The van der Waals surface area contributed by atoms with E-state index < -0.39 is 0 Å². The summed E-state index contributed by atoms with van der Waals surface area (Å²) in [5.41, 5.74) is 1.07. The van der Waals surface area contributed by atoms with Gasteiger partial charge in [-0.3, -0.25) is 0 Å². The number of nitrogens with one attached hydrogen (secondary N) is 1. The number of phenolic OH excluding ortho intramolecular Hbond substituents is 1. The minimum Gasteiger partial charge on any atom is -0.508 e. The average Bonchev–Trinajstić information content (AvgIpc) is 2.85. The molecule has 1 aromatic heterocycles. The van der Waals surface area contributed by atoms with Crippen LogP contribution < -0.4 is 5.32 Å².